The van der Waals surface area contributed by atoms with Crippen LogP contribution in [-0.2, 0) is 28.0 Å². The van der Waals surface area contributed by atoms with Crippen molar-refractivity contribution in [3.8, 4) is 11.5 Å². The Hall–Kier alpha value is -3.93. The second kappa shape index (κ2) is 8.87. The molecule has 11 nitrogen and oxygen atoms in total. The van der Waals surface area contributed by atoms with Crippen molar-refractivity contribution in [1.82, 2.24) is 29.7 Å². The third-order valence-electron chi connectivity index (χ3n) is 6.75. The van der Waals surface area contributed by atoms with E-state index in [1.54, 1.807) is 32.3 Å². The average molecular weight is 521 g/mol. The molecule has 1 amide bonds. The molecule has 0 bridgehead atoms. The fourth-order valence-electron chi connectivity index (χ4n) is 4.50. The summed E-state index contributed by atoms with van der Waals surface area (Å²) in [6.07, 6.45) is 3.92. The SMILES string of the molecule is CCCCn1nc(-c2nc(N)c3c(n2)NC(=O)[C@@]3(C)c2nc(CC(C)(C)C(=O)O)cs2)c2cccnc21. The quantitative estimate of drug-likeness (QED) is 0.315. The Morgan fingerprint density at radius 3 is 2.81 bits per heavy atom. The molecule has 4 aromatic heterocycles. The molecule has 37 heavy (non-hydrogen) atoms. The van der Waals surface area contributed by atoms with Gasteiger partial charge in [0.2, 0.25) is 5.91 Å². The lowest BCUT2D eigenvalue weighted by Crippen LogP contribution is -2.33. The molecule has 0 aliphatic carbocycles. The number of aryl methyl sites for hydroxylation is 1. The number of fused-ring (bicyclic) bond motifs is 2. The predicted molar refractivity (Wildman–Crippen MR) is 140 cm³/mol. The van der Waals surface area contributed by atoms with Crippen LogP contribution in [0.2, 0.25) is 0 Å². The highest BCUT2D eigenvalue weighted by Crippen LogP contribution is 2.46. The van der Waals surface area contributed by atoms with E-state index in [2.05, 4.69) is 32.2 Å². The number of pyridine rings is 1. The number of aliphatic carboxylic acids is 1. The van der Waals surface area contributed by atoms with Gasteiger partial charge in [-0.15, -0.1) is 11.3 Å². The topological polar surface area (TPSA) is 162 Å². The van der Waals surface area contributed by atoms with Crippen LogP contribution in [0.1, 0.15) is 56.8 Å². The Morgan fingerprint density at radius 1 is 1.30 bits per heavy atom. The standard InChI is InChI=1S/C25H28N8O3S/c1-5-6-10-33-20-14(8-7-9-27-20)16(32-33)19-29-17(26)15-18(30-19)31-21(34)25(15,4)22-28-13(12-37-22)11-24(2,3)23(35)36/h7-9,12H,5-6,10-11H2,1-4H3,(H,35,36)(H3,26,29,30,31,34)/t25-/m0/s1. The van der Waals surface area contributed by atoms with Gasteiger partial charge in [0.1, 0.15) is 27.8 Å². The van der Waals surface area contributed by atoms with E-state index in [9.17, 15) is 14.7 Å². The second-order valence-corrected chi connectivity index (χ2v) is 10.9. The van der Waals surface area contributed by atoms with E-state index in [0.29, 0.717) is 40.1 Å². The minimum absolute atomic E-state index is 0.156. The highest BCUT2D eigenvalue weighted by atomic mass is 32.1. The fourth-order valence-corrected chi connectivity index (χ4v) is 5.49. The number of carbonyl (C=O) groups excluding carboxylic acids is 1. The van der Waals surface area contributed by atoms with E-state index in [-0.39, 0.29) is 18.1 Å². The molecular formula is C25H28N8O3S. The predicted octanol–water partition coefficient (Wildman–Crippen LogP) is 3.64. The Bertz CT molecular complexity index is 1540. The minimum Gasteiger partial charge on any atom is -0.481 e. The van der Waals surface area contributed by atoms with Crippen molar-refractivity contribution in [3.63, 3.8) is 0 Å². The first-order chi connectivity index (χ1) is 17.6. The summed E-state index contributed by atoms with van der Waals surface area (Å²) in [5.74, 6) is -0.459. The molecule has 12 heteroatoms. The molecule has 1 atom stereocenters. The van der Waals surface area contributed by atoms with Crippen molar-refractivity contribution < 1.29 is 14.7 Å². The van der Waals surface area contributed by atoms with Crippen molar-refractivity contribution in [2.45, 2.75) is 58.9 Å². The van der Waals surface area contributed by atoms with Crippen LogP contribution in [-0.4, -0.2) is 46.7 Å². The van der Waals surface area contributed by atoms with Gasteiger partial charge in [-0.2, -0.15) is 5.10 Å². The zero-order valence-corrected chi connectivity index (χ0v) is 21.9. The third kappa shape index (κ3) is 4.01. The lowest BCUT2D eigenvalue weighted by atomic mass is 9.85. The maximum Gasteiger partial charge on any atom is 0.309 e. The number of rotatable bonds is 8. The zero-order chi connectivity index (χ0) is 26.5. The molecule has 0 saturated heterocycles. The number of nitrogens with two attached hydrogens (primary N) is 1. The van der Waals surface area contributed by atoms with Gasteiger partial charge in [0.05, 0.1) is 22.1 Å². The van der Waals surface area contributed by atoms with Crippen LogP contribution < -0.4 is 11.1 Å². The van der Waals surface area contributed by atoms with E-state index >= 15 is 0 Å². The van der Waals surface area contributed by atoms with Crippen LogP contribution in [0.4, 0.5) is 11.6 Å². The van der Waals surface area contributed by atoms with Crippen molar-refractivity contribution in [1.29, 1.82) is 0 Å². The maximum absolute atomic E-state index is 13.3. The van der Waals surface area contributed by atoms with Gasteiger partial charge in [0.25, 0.3) is 0 Å². The maximum atomic E-state index is 13.3. The number of nitrogens with one attached hydrogen (secondary N) is 1. The number of thiazole rings is 1. The van der Waals surface area contributed by atoms with E-state index in [4.69, 9.17) is 10.8 Å². The molecule has 0 radical (unpaired) electrons. The summed E-state index contributed by atoms with van der Waals surface area (Å²) in [4.78, 5) is 43.2. The Kier molecular flexibility index (Phi) is 5.94. The summed E-state index contributed by atoms with van der Waals surface area (Å²) in [5.41, 5.74) is 6.61. The summed E-state index contributed by atoms with van der Waals surface area (Å²) >= 11 is 1.29. The third-order valence-corrected chi connectivity index (χ3v) is 7.86. The summed E-state index contributed by atoms with van der Waals surface area (Å²) in [5, 5.41) is 20.1. The molecular weight excluding hydrogens is 492 g/mol. The Balaban J connectivity index is 1.56. The molecule has 5 heterocycles. The van der Waals surface area contributed by atoms with Crippen LogP contribution in [0.5, 0.6) is 0 Å². The van der Waals surface area contributed by atoms with E-state index in [0.717, 1.165) is 23.9 Å². The normalized spacial score (nSPS) is 17.2. The Labute approximate surface area is 217 Å². The lowest BCUT2D eigenvalue weighted by Gasteiger charge is -2.20. The van der Waals surface area contributed by atoms with Gasteiger partial charge in [0, 0.05) is 24.5 Å². The molecule has 0 saturated carbocycles. The number of carboxylic acid groups (broad SMARTS) is 1. The van der Waals surface area contributed by atoms with Gasteiger partial charge < -0.3 is 16.2 Å². The number of nitrogen functional groups attached to an aromatic ring is 1. The largest absolute Gasteiger partial charge is 0.481 e. The number of carboxylic acids is 1. The molecule has 5 rings (SSSR count). The monoisotopic (exact) mass is 520 g/mol. The second-order valence-electron chi connectivity index (χ2n) is 10.0. The summed E-state index contributed by atoms with van der Waals surface area (Å²) < 4.78 is 1.85. The number of unbranched alkanes of at least 4 members (excludes halogenated alkanes) is 1. The molecule has 0 unspecified atom stereocenters. The number of hydrogen-bond acceptors (Lipinski definition) is 9. The number of hydrogen-bond donors (Lipinski definition) is 3. The lowest BCUT2D eigenvalue weighted by molar-refractivity contribution is -0.146. The first-order valence-electron chi connectivity index (χ1n) is 12.1. The van der Waals surface area contributed by atoms with Crippen LogP contribution in [0.3, 0.4) is 0 Å². The van der Waals surface area contributed by atoms with E-state index in [1.807, 2.05) is 16.8 Å². The first-order valence-corrected chi connectivity index (χ1v) is 12.9. The number of nitrogens with zero attached hydrogens (tertiary/aromatic N) is 6. The zero-order valence-electron chi connectivity index (χ0n) is 21.1. The highest BCUT2D eigenvalue weighted by molar-refractivity contribution is 7.10. The van der Waals surface area contributed by atoms with Crippen molar-refractivity contribution in [3.05, 3.63) is 40.0 Å². The van der Waals surface area contributed by atoms with Gasteiger partial charge in [0.15, 0.2) is 11.5 Å². The molecule has 0 spiro atoms. The van der Waals surface area contributed by atoms with Crippen molar-refractivity contribution in [2.75, 3.05) is 11.1 Å². The summed E-state index contributed by atoms with van der Waals surface area (Å²) in [6.45, 7) is 7.84. The molecule has 4 N–H and O–H groups in total. The Morgan fingerprint density at radius 2 is 2.08 bits per heavy atom. The van der Waals surface area contributed by atoms with Gasteiger partial charge in [-0.1, -0.05) is 13.3 Å². The van der Waals surface area contributed by atoms with Gasteiger partial charge in [-0.25, -0.2) is 24.6 Å². The number of carbonyl (C=O) groups is 2. The number of aromatic nitrogens is 6. The van der Waals surface area contributed by atoms with Gasteiger partial charge in [-0.3, -0.25) is 9.59 Å². The summed E-state index contributed by atoms with van der Waals surface area (Å²) in [7, 11) is 0. The number of anilines is 2. The first kappa shape index (κ1) is 24.8. The molecule has 192 valence electrons. The highest BCUT2D eigenvalue weighted by Gasteiger charge is 2.50. The van der Waals surface area contributed by atoms with Crippen LogP contribution in [0.15, 0.2) is 23.7 Å². The molecule has 0 aromatic carbocycles. The summed E-state index contributed by atoms with van der Waals surface area (Å²) in [6, 6.07) is 3.75. The van der Waals surface area contributed by atoms with Crippen molar-refractivity contribution in [2.24, 2.45) is 5.41 Å². The van der Waals surface area contributed by atoms with Crippen LogP contribution in [0.25, 0.3) is 22.6 Å². The molecule has 1 aliphatic heterocycles. The van der Waals surface area contributed by atoms with E-state index < -0.39 is 16.8 Å². The average Bonchev–Trinajstić information content (AvgIpc) is 3.53. The van der Waals surface area contributed by atoms with Crippen LogP contribution >= 0.6 is 11.3 Å². The van der Waals surface area contributed by atoms with Gasteiger partial charge in [-0.05, 0) is 39.3 Å². The smallest absolute Gasteiger partial charge is 0.309 e. The van der Waals surface area contributed by atoms with Crippen LogP contribution in [0, 0.1) is 5.41 Å². The molecule has 0 fully saturated rings. The van der Waals surface area contributed by atoms with Gasteiger partial charge >= 0.3 is 5.97 Å². The number of amides is 1. The molecule has 1 aliphatic rings. The fraction of sp³-hybridized carbons (Fsp3) is 0.400. The molecule has 4 aromatic rings. The van der Waals surface area contributed by atoms with E-state index in [1.165, 1.54) is 11.3 Å². The van der Waals surface area contributed by atoms with Crippen molar-refractivity contribution >= 4 is 45.9 Å². The minimum atomic E-state index is -1.21.